The summed E-state index contributed by atoms with van der Waals surface area (Å²) in [5.74, 6) is -1.03. The molecule has 0 radical (unpaired) electrons. The average Bonchev–Trinajstić information content (AvgIpc) is 3.32. The third-order valence-electron chi connectivity index (χ3n) is 6.10. The summed E-state index contributed by atoms with van der Waals surface area (Å²) in [7, 11) is 1.53. The van der Waals surface area contributed by atoms with Gasteiger partial charge < -0.3 is 19.1 Å². The Morgan fingerprint density at radius 1 is 1.19 bits per heavy atom. The molecule has 3 rings (SSSR count). The molecule has 0 unspecified atom stereocenters. The first-order chi connectivity index (χ1) is 15.0. The van der Waals surface area contributed by atoms with Gasteiger partial charge in [-0.25, -0.2) is 14.5 Å². The number of hydrogen-bond acceptors (Lipinski definition) is 6. The van der Waals surface area contributed by atoms with Gasteiger partial charge in [0, 0.05) is 13.7 Å². The summed E-state index contributed by atoms with van der Waals surface area (Å²) in [5, 5.41) is 0. The molecule has 3 amide bonds. The fourth-order valence-electron chi connectivity index (χ4n) is 4.58. The largest absolute Gasteiger partial charge is 0.444 e. The van der Waals surface area contributed by atoms with E-state index in [0.29, 0.717) is 13.0 Å². The lowest BCUT2D eigenvalue weighted by atomic mass is 9.93. The number of carbonyl (C=O) groups excluding carboxylic acids is 3. The molecule has 0 bridgehead atoms. The number of amides is 3. The zero-order valence-electron chi connectivity index (χ0n) is 19.7. The van der Waals surface area contributed by atoms with Crippen molar-refractivity contribution in [2.75, 3.05) is 13.7 Å². The van der Waals surface area contributed by atoms with Gasteiger partial charge in [-0.3, -0.25) is 4.79 Å². The monoisotopic (exact) mass is 446 g/mol. The lowest BCUT2D eigenvalue weighted by Gasteiger charge is -2.35. The minimum atomic E-state index is -0.659. The number of nitrogens with zero attached hydrogens (tertiary/aromatic N) is 2. The summed E-state index contributed by atoms with van der Waals surface area (Å²) in [5.41, 5.74) is 0.224. The van der Waals surface area contributed by atoms with E-state index in [4.69, 9.17) is 14.2 Å². The average molecular weight is 447 g/mol. The summed E-state index contributed by atoms with van der Waals surface area (Å²) in [4.78, 5) is 41.6. The number of benzene rings is 1. The van der Waals surface area contributed by atoms with Crippen LogP contribution in [0.15, 0.2) is 30.3 Å². The van der Waals surface area contributed by atoms with Crippen LogP contribution in [0, 0.1) is 5.92 Å². The highest BCUT2D eigenvalue weighted by atomic mass is 16.6. The van der Waals surface area contributed by atoms with E-state index in [1.807, 2.05) is 51.1 Å². The Kier molecular flexibility index (Phi) is 7.12. The van der Waals surface area contributed by atoms with Crippen molar-refractivity contribution in [3.05, 3.63) is 35.9 Å². The van der Waals surface area contributed by atoms with Gasteiger partial charge in [0.1, 0.15) is 11.7 Å². The van der Waals surface area contributed by atoms with Crippen molar-refractivity contribution in [2.45, 2.75) is 77.4 Å². The normalized spacial score (nSPS) is 25.4. The number of imide groups is 1. The van der Waals surface area contributed by atoms with Gasteiger partial charge >= 0.3 is 12.2 Å². The second-order valence-corrected chi connectivity index (χ2v) is 9.54. The third kappa shape index (κ3) is 4.90. The molecule has 0 N–H and O–H groups in total. The minimum Gasteiger partial charge on any atom is -0.444 e. The van der Waals surface area contributed by atoms with Crippen LogP contribution in [-0.2, 0) is 19.0 Å². The molecule has 2 fully saturated rings. The predicted molar refractivity (Wildman–Crippen MR) is 118 cm³/mol. The van der Waals surface area contributed by atoms with Crippen molar-refractivity contribution >= 4 is 18.1 Å². The minimum absolute atomic E-state index is 0.312. The molecule has 5 atom stereocenters. The Morgan fingerprint density at radius 3 is 2.44 bits per heavy atom. The first-order valence-electron chi connectivity index (χ1n) is 11.2. The summed E-state index contributed by atoms with van der Waals surface area (Å²) < 4.78 is 16.8. The molecule has 0 aromatic heterocycles. The number of rotatable bonds is 5. The Bertz CT molecular complexity index is 837. The fourth-order valence-corrected chi connectivity index (χ4v) is 4.58. The van der Waals surface area contributed by atoms with Crippen LogP contribution in [0.3, 0.4) is 0 Å². The van der Waals surface area contributed by atoms with Crippen LogP contribution in [0.25, 0.3) is 0 Å². The van der Waals surface area contributed by atoms with Crippen molar-refractivity contribution in [3.8, 4) is 0 Å². The number of carbonyl (C=O) groups is 3. The van der Waals surface area contributed by atoms with Gasteiger partial charge in [0.25, 0.3) is 0 Å². The smallest absolute Gasteiger partial charge is 0.417 e. The maximum atomic E-state index is 13.4. The van der Waals surface area contributed by atoms with Crippen LogP contribution in [-0.4, -0.2) is 65.3 Å². The SMILES string of the molecule is CO[C@H]([C@@H](C)C(=O)N1C(=O)O[C@@H](c2ccccc2)[C@H]1C)[C@@H]1CCCN1C(=O)OC(C)(C)C. The van der Waals surface area contributed by atoms with Crippen molar-refractivity contribution in [1.29, 1.82) is 0 Å². The summed E-state index contributed by atoms with van der Waals surface area (Å²) in [6, 6.07) is 8.61. The van der Waals surface area contributed by atoms with Crippen molar-refractivity contribution in [1.82, 2.24) is 9.80 Å². The second-order valence-electron chi connectivity index (χ2n) is 9.54. The fraction of sp³-hybridized carbons (Fsp3) is 0.625. The molecule has 8 heteroatoms. The molecule has 176 valence electrons. The lowest BCUT2D eigenvalue weighted by molar-refractivity contribution is -0.139. The molecule has 1 aromatic carbocycles. The van der Waals surface area contributed by atoms with Gasteiger partial charge in [0.15, 0.2) is 0 Å². The van der Waals surface area contributed by atoms with E-state index >= 15 is 0 Å². The van der Waals surface area contributed by atoms with E-state index in [1.54, 1.807) is 18.7 Å². The summed E-state index contributed by atoms with van der Waals surface area (Å²) in [6.45, 7) is 9.53. The van der Waals surface area contributed by atoms with E-state index in [2.05, 4.69) is 0 Å². The van der Waals surface area contributed by atoms with Crippen molar-refractivity contribution < 1.29 is 28.6 Å². The number of methoxy groups -OCH3 is 1. The van der Waals surface area contributed by atoms with Crippen LogP contribution < -0.4 is 0 Å². The van der Waals surface area contributed by atoms with Gasteiger partial charge in [0.2, 0.25) is 5.91 Å². The summed E-state index contributed by atoms with van der Waals surface area (Å²) in [6.07, 6.45) is -0.683. The maximum Gasteiger partial charge on any atom is 0.417 e. The first-order valence-corrected chi connectivity index (χ1v) is 11.2. The molecule has 2 aliphatic heterocycles. The predicted octanol–water partition coefficient (Wildman–Crippen LogP) is 4.15. The van der Waals surface area contributed by atoms with Crippen LogP contribution in [0.1, 0.15) is 59.1 Å². The topological polar surface area (TPSA) is 85.4 Å². The number of ether oxygens (including phenoxy) is 3. The molecule has 2 heterocycles. The molecule has 2 saturated heterocycles. The number of cyclic esters (lactones) is 1. The van der Waals surface area contributed by atoms with Gasteiger partial charge in [-0.15, -0.1) is 0 Å². The highest BCUT2D eigenvalue weighted by Gasteiger charge is 2.48. The number of hydrogen-bond donors (Lipinski definition) is 0. The van der Waals surface area contributed by atoms with E-state index in [9.17, 15) is 14.4 Å². The zero-order chi connectivity index (χ0) is 23.6. The van der Waals surface area contributed by atoms with E-state index < -0.39 is 42.0 Å². The number of likely N-dealkylation sites (tertiary alicyclic amines) is 1. The van der Waals surface area contributed by atoms with Gasteiger partial charge in [0.05, 0.1) is 24.1 Å². The molecule has 1 aromatic rings. The summed E-state index contributed by atoms with van der Waals surface area (Å²) >= 11 is 0. The highest BCUT2D eigenvalue weighted by molar-refractivity contribution is 5.95. The van der Waals surface area contributed by atoms with Crippen LogP contribution in [0.4, 0.5) is 9.59 Å². The maximum absolute atomic E-state index is 13.4. The van der Waals surface area contributed by atoms with Crippen molar-refractivity contribution in [3.63, 3.8) is 0 Å². The van der Waals surface area contributed by atoms with Crippen molar-refractivity contribution in [2.24, 2.45) is 5.92 Å². The molecule has 0 spiro atoms. The molecule has 8 nitrogen and oxygen atoms in total. The lowest BCUT2D eigenvalue weighted by Crippen LogP contribution is -2.52. The first kappa shape index (κ1) is 24.0. The zero-order valence-corrected chi connectivity index (χ0v) is 19.7. The van der Waals surface area contributed by atoms with E-state index in [-0.39, 0.29) is 11.9 Å². The molecule has 32 heavy (non-hydrogen) atoms. The van der Waals surface area contributed by atoms with E-state index in [0.717, 1.165) is 12.0 Å². The Balaban J connectivity index is 1.76. The molecular formula is C24H34N2O6. The van der Waals surface area contributed by atoms with E-state index in [1.165, 1.54) is 12.0 Å². The van der Waals surface area contributed by atoms with Gasteiger partial charge in [-0.05, 0) is 46.1 Å². The van der Waals surface area contributed by atoms with Gasteiger partial charge in [-0.2, -0.15) is 0 Å². The van der Waals surface area contributed by atoms with Crippen LogP contribution >= 0.6 is 0 Å². The van der Waals surface area contributed by atoms with Crippen LogP contribution in [0.2, 0.25) is 0 Å². The molecule has 0 saturated carbocycles. The van der Waals surface area contributed by atoms with Gasteiger partial charge in [-0.1, -0.05) is 37.3 Å². The molecular weight excluding hydrogens is 412 g/mol. The Labute approximate surface area is 189 Å². The second kappa shape index (κ2) is 9.48. The Hall–Kier alpha value is -2.61. The third-order valence-corrected chi connectivity index (χ3v) is 6.10. The standard InChI is InChI=1S/C24H34N2O6/c1-15(19(30-6)18-13-10-14-25(18)22(28)32-24(3,4)5)21(27)26-16(2)20(31-23(26)29)17-11-8-7-9-12-17/h7-9,11-12,15-16,18-20H,10,13-14H2,1-6H3/t15-,16-,18+,19-,20-/m1/s1. The van der Waals surface area contributed by atoms with Crippen LogP contribution in [0.5, 0.6) is 0 Å². The molecule has 0 aliphatic carbocycles. The Morgan fingerprint density at radius 2 is 1.84 bits per heavy atom. The highest BCUT2D eigenvalue weighted by Crippen LogP contribution is 2.35. The quantitative estimate of drug-likeness (QED) is 0.676. The molecule has 2 aliphatic rings.